The Morgan fingerprint density at radius 2 is 2.20 bits per heavy atom. The zero-order valence-corrected chi connectivity index (χ0v) is 11.5. The normalized spacial score (nSPS) is 21.9. The van der Waals surface area contributed by atoms with Crippen LogP contribution in [0.25, 0.3) is 0 Å². The zero-order chi connectivity index (χ0) is 14.5. The summed E-state index contributed by atoms with van der Waals surface area (Å²) >= 11 is 0. The topological polar surface area (TPSA) is 47.7 Å². The largest absolute Gasteiger partial charge is 0.434 e. The van der Waals surface area contributed by atoms with E-state index in [1.165, 1.54) is 0 Å². The first-order chi connectivity index (χ1) is 9.63. The summed E-state index contributed by atoms with van der Waals surface area (Å²) in [4.78, 5) is 2.18. The number of nitrogens with two attached hydrogens (primary N) is 1. The first-order valence-electron chi connectivity index (χ1n) is 6.70. The van der Waals surface area contributed by atoms with E-state index in [1.54, 1.807) is 24.3 Å². The molecule has 1 aromatic rings. The van der Waals surface area contributed by atoms with Gasteiger partial charge >= 0.3 is 6.61 Å². The molecular weight excluding hydrogens is 266 g/mol. The third kappa shape index (κ3) is 3.45. The maximum Gasteiger partial charge on any atom is 0.387 e. The molecule has 0 amide bonds. The Kier molecular flexibility index (Phi) is 5.28. The third-order valence-electron chi connectivity index (χ3n) is 3.54. The lowest BCUT2D eigenvalue weighted by Gasteiger charge is -2.39. The van der Waals surface area contributed by atoms with Crippen molar-refractivity contribution in [2.45, 2.75) is 25.6 Å². The van der Waals surface area contributed by atoms with Crippen LogP contribution in [0.2, 0.25) is 0 Å². The molecule has 0 saturated carbocycles. The summed E-state index contributed by atoms with van der Waals surface area (Å²) in [6.07, 6.45) is 0. The fourth-order valence-corrected chi connectivity index (χ4v) is 2.60. The predicted octanol–water partition coefficient (Wildman–Crippen LogP) is 2.01. The number of nitrogens with zero attached hydrogens (tertiary/aromatic N) is 1. The van der Waals surface area contributed by atoms with Gasteiger partial charge < -0.3 is 15.2 Å². The molecule has 0 spiro atoms. The number of rotatable bonds is 5. The molecule has 1 saturated heterocycles. The van der Waals surface area contributed by atoms with Crippen LogP contribution in [0.15, 0.2) is 24.3 Å². The van der Waals surface area contributed by atoms with E-state index in [0.29, 0.717) is 25.3 Å². The van der Waals surface area contributed by atoms with Crippen molar-refractivity contribution in [2.75, 3.05) is 26.3 Å². The van der Waals surface area contributed by atoms with Gasteiger partial charge in [0.2, 0.25) is 0 Å². The van der Waals surface area contributed by atoms with Crippen molar-refractivity contribution in [1.82, 2.24) is 4.90 Å². The molecule has 20 heavy (non-hydrogen) atoms. The van der Waals surface area contributed by atoms with Crippen molar-refractivity contribution in [3.8, 4) is 5.75 Å². The van der Waals surface area contributed by atoms with Crippen LogP contribution >= 0.6 is 0 Å². The lowest BCUT2D eigenvalue weighted by Crippen LogP contribution is -2.47. The van der Waals surface area contributed by atoms with Crippen LogP contribution in [0, 0.1) is 0 Å². The third-order valence-corrected chi connectivity index (χ3v) is 3.54. The monoisotopic (exact) mass is 286 g/mol. The van der Waals surface area contributed by atoms with Crippen LogP contribution < -0.4 is 10.5 Å². The zero-order valence-electron chi connectivity index (χ0n) is 11.5. The molecule has 1 aliphatic heterocycles. The van der Waals surface area contributed by atoms with E-state index in [1.807, 2.05) is 6.92 Å². The van der Waals surface area contributed by atoms with Gasteiger partial charge in [0.05, 0.1) is 19.3 Å². The molecule has 0 bridgehead atoms. The number of halogens is 2. The first kappa shape index (κ1) is 15.2. The van der Waals surface area contributed by atoms with Gasteiger partial charge in [0.1, 0.15) is 5.75 Å². The lowest BCUT2D eigenvalue weighted by molar-refractivity contribution is -0.0533. The SMILES string of the molecule is CC1COCCN1C(CN)c1ccccc1OC(F)F. The highest BCUT2D eigenvalue weighted by Crippen LogP contribution is 2.31. The van der Waals surface area contributed by atoms with Crippen LogP contribution in [-0.2, 0) is 4.74 Å². The summed E-state index contributed by atoms with van der Waals surface area (Å²) in [5.41, 5.74) is 6.57. The minimum absolute atomic E-state index is 0.149. The van der Waals surface area contributed by atoms with Crippen molar-refractivity contribution in [3.63, 3.8) is 0 Å². The van der Waals surface area contributed by atoms with Gasteiger partial charge in [-0.05, 0) is 13.0 Å². The number of hydrogen-bond donors (Lipinski definition) is 1. The van der Waals surface area contributed by atoms with Crippen molar-refractivity contribution in [1.29, 1.82) is 0 Å². The standard InChI is InChI=1S/C14H20F2N2O2/c1-10-9-19-7-6-18(10)12(8-17)11-4-2-3-5-13(11)20-14(15)16/h2-5,10,12,14H,6-9,17H2,1H3. The highest BCUT2D eigenvalue weighted by molar-refractivity contribution is 5.36. The lowest BCUT2D eigenvalue weighted by atomic mass is 10.0. The average Bonchev–Trinajstić information content (AvgIpc) is 2.43. The van der Waals surface area contributed by atoms with Crippen molar-refractivity contribution in [2.24, 2.45) is 5.73 Å². The van der Waals surface area contributed by atoms with Crippen LogP contribution in [-0.4, -0.2) is 43.9 Å². The second-order valence-electron chi connectivity index (χ2n) is 4.83. The number of para-hydroxylation sites is 1. The van der Waals surface area contributed by atoms with Gasteiger partial charge in [-0.2, -0.15) is 8.78 Å². The molecule has 112 valence electrons. The molecule has 2 unspecified atom stereocenters. The van der Waals surface area contributed by atoms with Crippen LogP contribution in [0.4, 0.5) is 8.78 Å². The number of alkyl halides is 2. The van der Waals surface area contributed by atoms with Gasteiger partial charge in [-0.15, -0.1) is 0 Å². The van der Waals surface area contributed by atoms with Crippen LogP contribution in [0.3, 0.4) is 0 Å². The Labute approximate surface area is 117 Å². The summed E-state index contributed by atoms with van der Waals surface area (Å²) in [6, 6.07) is 6.87. The number of hydrogen-bond acceptors (Lipinski definition) is 4. The summed E-state index contributed by atoms with van der Waals surface area (Å²) in [7, 11) is 0. The number of ether oxygens (including phenoxy) is 2. The van der Waals surface area contributed by atoms with E-state index < -0.39 is 6.61 Å². The first-order valence-corrected chi connectivity index (χ1v) is 6.70. The summed E-state index contributed by atoms with van der Waals surface area (Å²) < 4.78 is 35.0. The fraction of sp³-hybridized carbons (Fsp3) is 0.571. The predicted molar refractivity (Wildman–Crippen MR) is 71.9 cm³/mol. The second kappa shape index (κ2) is 6.97. The van der Waals surface area contributed by atoms with Crippen molar-refractivity contribution >= 4 is 0 Å². The molecule has 0 aromatic heterocycles. The fourth-order valence-electron chi connectivity index (χ4n) is 2.60. The molecule has 6 heteroatoms. The molecule has 1 fully saturated rings. The Morgan fingerprint density at radius 1 is 1.45 bits per heavy atom. The summed E-state index contributed by atoms with van der Waals surface area (Å²) in [5, 5.41) is 0. The Morgan fingerprint density at radius 3 is 2.85 bits per heavy atom. The van der Waals surface area contributed by atoms with E-state index in [2.05, 4.69) is 9.64 Å². The smallest absolute Gasteiger partial charge is 0.387 e. The Bertz CT molecular complexity index is 431. The number of benzene rings is 1. The van der Waals surface area contributed by atoms with Gasteiger partial charge in [0.25, 0.3) is 0 Å². The van der Waals surface area contributed by atoms with Gasteiger partial charge in [0, 0.05) is 24.7 Å². The van der Waals surface area contributed by atoms with E-state index in [0.717, 1.165) is 6.54 Å². The maximum atomic E-state index is 12.5. The van der Waals surface area contributed by atoms with Gasteiger partial charge in [-0.3, -0.25) is 4.90 Å². The van der Waals surface area contributed by atoms with E-state index in [4.69, 9.17) is 10.5 Å². The Balaban J connectivity index is 2.26. The molecule has 1 aliphatic rings. The average molecular weight is 286 g/mol. The molecule has 2 rings (SSSR count). The summed E-state index contributed by atoms with van der Waals surface area (Å²) in [5.74, 6) is 0.191. The number of morpholine rings is 1. The Hall–Kier alpha value is -1.24. The van der Waals surface area contributed by atoms with E-state index >= 15 is 0 Å². The van der Waals surface area contributed by atoms with E-state index in [-0.39, 0.29) is 17.8 Å². The molecule has 0 radical (unpaired) electrons. The summed E-state index contributed by atoms with van der Waals surface area (Å²) in [6.45, 7) is 1.52. The molecule has 1 heterocycles. The second-order valence-corrected chi connectivity index (χ2v) is 4.83. The molecular formula is C14H20F2N2O2. The van der Waals surface area contributed by atoms with E-state index in [9.17, 15) is 8.78 Å². The van der Waals surface area contributed by atoms with Crippen LogP contribution in [0.1, 0.15) is 18.5 Å². The van der Waals surface area contributed by atoms with Crippen LogP contribution in [0.5, 0.6) is 5.75 Å². The molecule has 4 nitrogen and oxygen atoms in total. The van der Waals surface area contributed by atoms with Gasteiger partial charge in [-0.25, -0.2) is 0 Å². The maximum absolute atomic E-state index is 12.5. The highest BCUT2D eigenvalue weighted by Gasteiger charge is 2.29. The molecule has 0 aliphatic carbocycles. The highest BCUT2D eigenvalue weighted by atomic mass is 19.3. The minimum Gasteiger partial charge on any atom is -0.434 e. The van der Waals surface area contributed by atoms with Crippen molar-refractivity contribution < 1.29 is 18.3 Å². The van der Waals surface area contributed by atoms with Gasteiger partial charge in [0.15, 0.2) is 0 Å². The van der Waals surface area contributed by atoms with Crippen molar-refractivity contribution in [3.05, 3.63) is 29.8 Å². The molecule has 2 atom stereocenters. The quantitative estimate of drug-likeness (QED) is 0.899. The van der Waals surface area contributed by atoms with Gasteiger partial charge in [-0.1, -0.05) is 18.2 Å². The molecule has 2 N–H and O–H groups in total. The minimum atomic E-state index is -2.84. The molecule has 1 aromatic carbocycles.